The van der Waals surface area contributed by atoms with Gasteiger partial charge in [0.25, 0.3) is 0 Å². The maximum absolute atomic E-state index is 14.6. The van der Waals surface area contributed by atoms with Crippen molar-refractivity contribution in [3.05, 3.63) is 47.6 Å². The van der Waals surface area contributed by atoms with Gasteiger partial charge in [-0.25, -0.2) is 19.2 Å². The van der Waals surface area contributed by atoms with Crippen LogP contribution in [-0.2, 0) is 47.6 Å². The molecule has 0 radical (unpaired) electrons. The Labute approximate surface area is 356 Å². The summed E-state index contributed by atoms with van der Waals surface area (Å²) in [7, 11) is 0. The van der Waals surface area contributed by atoms with Crippen molar-refractivity contribution in [1.82, 2.24) is 0 Å². The normalized spacial score (nSPS) is 44.1. The van der Waals surface area contributed by atoms with Crippen molar-refractivity contribution in [2.45, 2.75) is 129 Å². The van der Waals surface area contributed by atoms with E-state index in [2.05, 4.69) is 0 Å². The predicted molar refractivity (Wildman–Crippen MR) is 215 cm³/mol. The number of carbonyl (C=O) groups is 6. The van der Waals surface area contributed by atoms with Gasteiger partial charge in [0.2, 0.25) is 18.0 Å². The summed E-state index contributed by atoms with van der Waals surface area (Å²) in [6.07, 6.45) is 10.1. The van der Waals surface area contributed by atoms with Gasteiger partial charge in [-0.15, -0.1) is 0 Å². The van der Waals surface area contributed by atoms with Gasteiger partial charge in [-0.3, -0.25) is 9.59 Å². The van der Waals surface area contributed by atoms with Crippen molar-refractivity contribution < 1.29 is 67.4 Å². The van der Waals surface area contributed by atoms with Crippen LogP contribution >= 0.6 is 0 Å². The van der Waals surface area contributed by atoms with Crippen molar-refractivity contribution in [2.24, 2.45) is 57.2 Å². The van der Waals surface area contributed by atoms with Gasteiger partial charge in [0.15, 0.2) is 11.6 Å². The molecule has 0 saturated heterocycles. The topological polar surface area (TPSA) is 198 Å². The molecule has 6 saturated carbocycles. The van der Waals surface area contributed by atoms with E-state index in [4.69, 9.17) is 28.4 Å². The number of aliphatic hydroxyl groups excluding tert-OH is 2. The van der Waals surface area contributed by atoms with Crippen LogP contribution in [0.5, 0.6) is 0 Å². The van der Waals surface area contributed by atoms with Crippen molar-refractivity contribution >= 4 is 35.8 Å². The van der Waals surface area contributed by atoms with Gasteiger partial charge in [-0.2, -0.15) is 0 Å². The highest BCUT2D eigenvalue weighted by atomic mass is 16.8. The Morgan fingerprint density at radius 3 is 1.39 bits per heavy atom. The number of fused-ring (bicyclic) bond motifs is 10. The molecule has 8 aliphatic rings. The smallest absolute Gasteiger partial charge is 0.435 e. The average Bonchev–Trinajstić information content (AvgIpc) is 3.65. The summed E-state index contributed by atoms with van der Waals surface area (Å²) < 4.78 is 34.0. The number of hydrogen-bond donors (Lipinski definition) is 2. The molecule has 332 valence electrons. The molecule has 0 heterocycles. The molecule has 0 aromatic carbocycles. The molecule has 0 aliphatic heterocycles. The van der Waals surface area contributed by atoms with E-state index in [1.807, 2.05) is 39.8 Å². The molecule has 6 fully saturated rings. The van der Waals surface area contributed by atoms with E-state index in [9.17, 15) is 39.0 Å². The lowest BCUT2D eigenvalue weighted by Gasteiger charge is -2.59. The summed E-state index contributed by atoms with van der Waals surface area (Å²) in [6.45, 7) is 10.0. The lowest BCUT2D eigenvalue weighted by atomic mass is 9.46. The first-order valence-corrected chi connectivity index (χ1v) is 22.1. The van der Waals surface area contributed by atoms with Crippen LogP contribution in [0.15, 0.2) is 47.6 Å². The van der Waals surface area contributed by atoms with Gasteiger partial charge >= 0.3 is 24.2 Å². The van der Waals surface area contributed by atoms with Crippen molar-refractivity contribution in [1.29, 1.82) is 0 Å². The van der Waals surface area contributed by atoms with Crippen molar-refractivity contribution in [2.75, 3.05) is 20.0 Å². The molecule has 0 aromatic heterocycles. The van der Waals surface area contributed by atoms with Crippen LogP contribution in [0.2, 0.25) is 0 Å². The molecule has 8 aliphatic carbocycles. The molecule has 14 atom stereocenters. The lowest BCUT2D eigenvalue weighted by molar-refractivity contribution is -0.219. The first-order valence-electron chi connectivity index (χ1n) is 22.1. The van der Waals surface area contributed by atoms with E-state index in [1.54, 1.807) is 38.2 Å². The number of esters is 2. The number of hydrogen-bond acceptors (Lipinski definition) is 14. The Kier molecular flexibility index (Phi) is 10.8. The zero-order valence-electron chi connectivity index (χ0n) is 36.1. The van der Waals surface area contributed by atoms with E-state index >= 15 is 0 Å². The van der Waals surface area contributed by atoms with E-state index in [1.165, 1.54) is 0 Å². The molecule has 0 spiro atoms. The molecule has 14 heteroatoms. The van der Waals surface area contributed by atoms with Crippen LogP contribution in [-0.4, -0.2) is 89.4 Å². The molecular formula is C47H60O14. The summed E-state index contributed by atoms with van der Waals surface area (Å²) in [5.41, 5.74) is -5.22. The van der Waals surface area contributed by atoms with E-state index < -0.39 is 76.1 Å². The monoisotopic (exact) mass is 848 g/mol. The van der Waals surface area contributed by atoms with Gasteiger partial charge in [0.1, 0.15) is 0 Å². The minimum atomic E-state index is -1.91. The highest BCUT2D eigenvalue weighted by Gasteiger charge is 2.73. The number of aliphatic hydroxyl groups is 2. The Balaban J connectivity index is 1.04. The van der Waals surface area contributed by atoms with Crippen LogP contribution in [0.25, 0.3) is 0 Å². The standard InChI is InChI=1S/C47H60O14/c1-7-56-40(54)60-46(19-15-32-30-11-9-26-21-28(48)13-17-42(26,3)36(30)34(50)23-44(32,46)5)38(52)58-25-59-39(53)47(61-41(55)57-8-2)20-16-33-31-12-10-27-22-29(49)14-18-43(27,4)37(31)35(51)24-45(33,47)6/h13-14,17-18,21-22,30-37,50-51H,7-12,15-16,19-20,23-25H2,1-6H3/t30-,31?,32-,33?,34-,35-,36?,37?,42-,43-,44-,45-,46-,47-/m0/s1. The molecule has 2 N–H and O–H groups in total. The van der Waals surface area contributed by atoms with E-state index in [0.29, 0.717) is 38.5 Å². The van der Waals surface area contributed by atoms with Crippen molar-refractivity contribution in [3.8, 4) is 0 Å². The maximum atomic E-state index is 14.6. The van der Waals surface area contributed by atoms with E-state index in [0.717, 1.165) is 11.1 Å². The molecule has 0 amide bonds. The zero-order valence-corrected chi connectivity index (χ0v) is 36.1. The van der Waals surface area contributed by atoms with Crippen LogP contribution < -0.4 is 0 Å². The summed E-state index contributed by atoms with van der Waals surface area (Å²) in [5, 5.41) is 24.0. The van der Waals surface area contributed by atoms with Gasteiger partial charge in [-0.05, 0) is 126 Å². The highest BCUT2D eigenvalue weighted by Crippen LogP contribution is 2.70. The minimum Gasteiger partial charge on any atom is -0.435 e. The molecule has 4 unspecified atom stereocenters. The van der Waals surface area contributed by atoms with Crippen LogP contribution in [0.1, 0.15) is 106 Å². The van der Waals surface area contributed by atoms with Crippen LogP contribution in [0.4, 0.5) is 9.59 Å². The fourth-order valence-electron chi connectivity index (χ4n) is 14.7. The minimum absolute atomic E-state index is 0.0142. The number of allylic oxidation sites excluding steroid dienone is 8. The van der Waals surface area contributed by atoms with Crippen LogP contribution in [0.3, 0.4) is 0 Å². The molecule has 61 heavy (non-hydrogen) atoms. The van der Waals surface area contributed by atoms with Gasteiger partial charge in [0.05, 0.1) is 25.4 Å². The second-order valence-corrected chi connectivity index (χ2v) is 19.7. The Morgan fingerprint density at radius 2 is 1.02 bits per heavy atom. The molecular weight excluding hydrogens is 789 g/mol. The second-order valence-electron chi connectivity index (χ2n) is 19.7. The molecule has 8 rings (SSSR count). The third kappa shape index (κ3) is 6.30. The summed E-state index contributed by atoms with van der Waals surface area (Å²) in [6, 6.07) is 0. The van der Waals surface area contributed by atoms with Crippen molar-refractivity contribution in [3.63, 3.8) is 0 Å². The van der Waals surface area contributed by atoms with Gasteiger partial charge in [0, 0.05) is 33.5 Å². The zero-order chi connectivity index (χ0) is 43.9. The number of rotatable bonds is 8. The highest BCUT2D eigenvalue weighted by molar-refractivity contribution is 6.01. The number of ketones is 2. The average molecular weight is 849 g/mol. The Hall–Kier alpha value is -4.30. The maximum Gasteiger partial charge on any atom is 0.509 e. The first kappa shape index (κ1) is 43.4. The fourth-order valence-corrected chi connectivity index (χ4v) is 14.7. The second kappa shape index (κ2) is 15.2. The molecule has 0 bridgehead atoms. The fraction of sp³-hybridized carbons (Fsp3) is 0.702. The Bertz CT molecular complexity index is 1880. The quantitative estimate of drug-likeness (QED) is 0.154. The predicted octanol–water partition coefficient (Wildman–Crippen LogP) is 6.41. The van der Waals surface area contributed by atoms with Gasteiger partial charge < -0.3 is 38.6 Å². The summed E-state index contributed by atoms with van der Waals surface area (Å²) in [5.74, 6) is -3.11. The van der Waals surface area contributed by atoms with E-state index in [-0.39, 0.29) is 86.0 Å². The number of carbonyl (C=O) groups excluding carboxylic acids is 6. The molecule has 0 aromatic rings. The third-order valence-corrected chi connectivity index (χ3v) is 17.3. The largest absolute Gasteiger partial charge is 0.509 e. The first-order chi connectivity index (χ1) is 28.8. The molecule has 14 nitrogen and oxygen atoms in total. The van der Waals surface area contributed by atoms with Crippen LogP contribution in [0, 0.1) is 57.2 Å². The summed E-state index contributed by atoms with van der Waals surface area (Å²) >= 11 is 0. The Morgan fingerprint density at radius 1 is 0.623 bits per heavy atom. The lowest BCUT2D eigenvalue weighted by Crippen LogP contribution is -2.63. The summed E-state index contributed by atoms with van der Waals surface area (Å²) in [4.78, 5) is 80.2. The SMILES string of the molecule is CCOC(=O)O[C@]1(C(=O)OCOC(=O)[C@@]2(OC(=O)OCC)CC[C@H]3[C@@H]4CCC5=CC(=O)C=C[C@]5(C)C4[C@@H](O)C[C@@]32C)CCC2C3CCC4=CC(=O)C=C[C@]4(C)C3[C@@H](O)C[C@@]21C. The third-order valence-electron chi connectivity index (χ3n) is 17.3. The van der Waals surface area contributed by atoms with Gasteiger partial charge in [-0.1, -0.05) is 51.0 Å². The number of ether oxygens (including phenoxy) is 6.